The highest BCUT2D eigenvalue weighted by Crippen LogP contribution is 1.95. The third-order valence-corrected chi connectivity index (χ3v) is 0.977. The van der Waals surface area contributed by atoms with Crippen molar-refractivity contribution in [2.75, 3.05) is 0 Å². The van der Waals surface area contributed by atoms with E-state index in [9.17, 15) is 0 Å². The molecule has 0 radical (unpaired) electrons. The van der Waals surface area contributed by atoms with Crippen LogP contribution in [0, 0.1) is 11.3 Å². The number of nitrogens with two attached hydrogens (primary N) is 1. The average Bonchev–Trinajstić information content (AvgIpc) is 1.89. The first-order valence-corrected chi connectivity index (χ1v) is 3.00. The van der Waals surface area contributed by atoms with Gasteiger partial charge >= 0.3 is 0 Å². The van der Waals surface area contributed by atoms with Crippen LogP contribution in [0.5, 0.6) is 0 Å². The Morgan fingerprint density at radius 1 is 1.56 bits per heavy atom. The third-order valence-electron chi connectivity index (χ3n) is 0.977. The minimum absolute atomic E-state index is 0.637. The van der Waals surface area contributed by atoms with Crippen LogP contribution in [0.15, 0.2) is 5.10 Å². The molecular formula is C6H11N3. The van der Waals surface area contributed by atoms with Crippen molar-refractivity contribution in [2.24, 2.45) is 10.9 Å². The maximum Gasteiger partial charge on any atom is 0.0621 e. The van der Waals surface area contributed by atoms with E-state index in [0.29, 0.717) is 6.42 Å². The Balaban J connectivity index is 2.85. The summed E-state index contributed by atoms with van der Waals surface area (Å²) in [5.74, 6) is 4.85. The zero-order valence-electron chi connectivity index (χ0n) is 5.38. The van der Waals surface area contributed by atoms with Gasteiger partial charge in [0.15, 0.2) is 0 Å². The molecule has 0 rings (SSSR count). The molecule has 0 saturated heterocycles. The Morgan fingerprint density at radius 3 is 2.89 bits per heavy atom. The lowest BCUT2D eigenvalue weighted by Crippen LogP contribution is -1.83. The molecule has 0 spiro atoms. The van der Waals surface area contributed by atoms with Gasteiger partial charge < -0.3 is 5.84 Å². The van der Waals surface area contributed by atoms with Gasteiger partial charge in [-0.15, -0.1) is 0 Å². The van der Waals surface area contributed by atoms with Crippen LogP contribution in [0.2, 0.25) is 0 Å². The van der Waals surface area contributed by atoms with Crippen LogP contribution in [-0.4, -0.2) is 6.21 Å². The van der Waals surface area contributed by atoms with Crippen LogP contribution in [0.3, 0.4) is 0 Å². The standard InChI is InChI=1S/C6H11N3/c7-5-3-1-2-4-6-9-8/h6H,1-4,8H2/b9-6+. The summed E-state index contributed by atoms with van der Waals surface area (Å²) in [5.41, 5.74) is 0. The van der Waals surface area contributed by atoms with E-state index in [0.717, 1.165) is 19.3 Å². The molecule has 0 bridgehead atoms. The number of hydrazone groups is 1. The molecule has 0 atom stereocenters. The van der Waals surface area contributed by atoms with E-state index in [1.807, 2.05) is 0 Å². The van der Waals surface area contributed by atoms with Crippen LogP contribution in [0.1, 0.15) is 25.7 Å². The van der Waals surface area contributed by atoms with Crippen molar-refractivity contribution in [1.29, 1.82) is 5.26 Å². The van der Waals surface area contributed by atoms with Gasteiger partial charge in [-0.1, -0.05) is 0 Å². The Hall–Kier alpha value is -1.04. The van der Waals surface area contributed by atoms with Crippen LogP contribution in [0.25, 0.3) is 0 Å². The molecule has 50 valence electrons. The second kappa shape index (κ2) is 6.96. The normalized spacial score (nSPS) is 9.67. The molecule has 0 unspecified atom stereocenters. The molecule has 3 heteroatoms. The summed E-state index contributed by atoms with van der Waals surface area (Å²) in [5, 5.41) is 11.4. The summed E-state index contributed by atoms with van der Waals surface area (Å²) in [7, 11) is 0. The first-order chi connectivity index (χ1) is 4.41. The molecule has 0 aliphatic rings. The molecule has 0 aromatic heterocycles. The monoisotopic (exact) mass is 125 g/mol. The predicted octanol–water partition coefficient (Wildman–Crippen LogP) is 1.01. The lowest BCUT2D eigenvalue weighted by molar-refractivity contribution is 0.788. The molecule has 0 aliphatic heterocycles. The first-order valence-electron chi connectivity index (χ1n) is 3.00. The third kappa shape index (κ3) is 6.96. The van der Waals surface area contributed by atoms with Gasteiger partial charge in [0.05, 0.1) is 6.07 Å². The SMILES string of the molecule is N#CCCCC/C=N/N. The number of hydrogen-bond donors (Lipinski definition) is 1. The first kappa shape index (κ1) is 7.96. The fraction of sp³-hybridized carbons (Fsp3) is 0.667. The van der Waals surface area contributed by atoms with E-state index in [4.69, 9.17) is 11.1 Å². The highest BCUT2D eigenvalue weighted by Gasteiger charge is 1.82. The summed E-state index contributed by atoms with van der Waals surface area (Å²) < 4.78 is 0. The maximum atomic E-state index is 8.11. The zero-order chi connectivity index (χ0) is 6.95. The molecule has 0 amide bonds. The number of nitrogens with zero attached hydrogens (tertiary/aromatic N) is 2. The van der Waals surface area contributed by atoms with Crippen molar-refractivity contribution >= 4 is 6.21 Å². The van der Waals surface area contributed by atoms with Crippen LogP contribution >= 0.6 is 0 Å². The van der Waals surface area contributed by atoms with Gasteiger partial charge in [0.25, 0.3) is 0 Å². The van der Waals surface area contributed by atoms with Gasteiger partial charge in [0, 0.05) is 12.6 Å². The van der Waals surface area contributed by atoms with E-state index in [1.54, 1.807) is 6.21 Å². The Morgan fingerprint density at radius 2 is 2.33 bits per heavy atom. The minimum atomic E-state index is 0.637. The average molecular weight is 125 g/mol. The summed E-state index contributed by atoms with van der Waals surface area (Å²) in [4.78, 5) is 0. The number of unbranched alkanes of at least 4 members (excludes halogenated alkanes) is 3. The van der Waals surface area contributed by atoms with Crippen molar-refractivity contribution in [2.45, 2.75) is 25.7 Å². The summed E-state index contributed by atoms with van der Waals surface area (Å²) in [6.45, 7) is 0. The van der Waals surface area contributed by atoms with Gasteiger partial charge in [-0.3, -0.25) is 0 Å². The molecular weight excluding hydrogens is 114 g/mol. The Kier molecular flexibility index (Phi) is 6.16. The Labute approximate surface area is 55.2 Å². The fourth-order valence-corrected chi connectivity index (χ4v) is 0.514. The molecule has 0 saturated carbocycles. The molecule has 0 aromatic rings. The van der Waals surface area contributed by atoms with E-state index in [2.05, 4.69) is 11.2 Å². The van der Waals surface area contributed by atoms with Crippen molar-refractivity contribution in [1.82, 2.24) is 0 Å². The van der Waals surface area contributed by atoms with Crippen molar-refractivity contribution in [3.63, 3.8) is 0 Å². The van der Waals surface area contributed by atoms with Gasteiger partial charge in [0.1, 0.15) is 0 Å². The van der Waals surface area contributed by atoms with E-state index in [-0.39, 0.29) is 0 Å². The van der Waals surface area contributed by atoms with E-state index in [1.165, 1.54) is 0 Å². The lowest BCUT2D eigenvalue weighted by atomic mass is 10.2. The topological polar surface area (TPSA) is 62.2 Å². The second-order valence-corrected chi connectivity index (χ2v) is 1.74. The van der Waals surface area contributed by atoms with Crippen molar-refractivity contribution < 1.29 is 0 Å². The van der Waals surface area contributed by atoms with E-state index < -0.39 is 0 Å². The molecule has 0 fully saturated rings. The minimum Gasteiger partial charge on any atom is -0.324 e. The predicted molar refractivity (Wildman–Crippen MR) is 36.8 cm³/mol. The maximum absolute atomic E-state index is 8.11. The molecule has 0 aromatic carbocycles. The quantitative estimate of drug-likeness (QED) is 0.264. The van der Waals surface area contributed by atoms with Gasteiger partial charge in [-0.25, -0.2) is 0 Å². The van der Waals surface area contributed by atoms with E-state index >= 15 is 0 Å². The largest absolute Gasteiger partial charge is 0.324 e. The van der Waals surface area contributed by atoms with Gasteiger partial charge in [-0.05, 0) is 19.3 Å². The Bertz CT molecular complexity index is 112. The fourth-order valence-electron chi connectivity index (χ4n) is 0.514. The highest BCUT2D eigenvalue weighted by molar-refractivity contribution is 5.56. The number of nitriles is 1. The second-order valence-electron chi connectivity index (χ2n) is 1.74. The van der Waals surface area contributed by atoms with Crippen LogP contribution in [-0.2, 0) is 0 Å². The molecule has 2 N–H and O–H groups in total. The highest BCUT2D eigenvalue weighted by atomic mass is 15.1. The summed E-state index contributed by atoms with van der Waals surface area (Å²) in [6, 6.07) is 2.07. The van der Waals surface area contributed by atoms with Crippen LogP contribution < -0.4 is 5.84 Å². The summed E-state index contributed by atoms with van der Waals surface area (Å²) >= 11 is 0. The van der Waals surface area contributed by atoms with Gasteiger partial charge in [0.2, 0.25) is 0 Å². The summed E-state index contributed by atoms with van der Waals surface area (Å²) in [6.07, 6.45) is 5.14. The number of rotatable bonds is 4. The molecule has 0 aliphatic carbocycles. The molecule has 9 heavy (non-hydrogen) atoms. The molecule has 0 heterocycles. The van der Waals surface area contributed by atoms with Gasteiger partial charge in [-0.2, -0.15) is 10.4 Å². The number of hydrogen-bond acceptors (Lipinski definition) is 3. The van der Waals surface area contributed by atoms with Crippen molar-refractivity contribution in [3.8, 4) is 6.07 Å². The van der Waals surface area contributed by atoms with Crippen LogP contribution in [0.4, 0.5) is 0 Å². The lowest BCUT2D eigenvalue weighted by Gasteiger charge is -1.86. The zero-order valence-corrected chi connectivity index (χ0v) is 5.38. The smallest absolute Gasteiger partial charge is 0.0621 e. The van der Waals surface area contributed by atoms with Crippen molar-refractivity contribution in [3.05, 3.63) is 0 Å². The molecule has 3 nitrogen and oxygen atoms in total.